The van der Waals surface area contributed by atoms with E-state index in [0.29, 0.717) is 13.1 Å². The molecule has 7 nitrogen and oxygen atoms in total. The first kappa shape index (κ1) is 21.7. The minimum atomic E-state index is -0.519. The van der Waals surface area contributed by atoms with Crippen LogP contribution in [0.2, 0.25) is 0 Å². The number of ether oxygens (including phenoxy) is 1. The molecule has 1 rings (SSSR count). The molecule has 0 saturated carbocycles. The van der Waals surface area contributed by atoms with Gasteiger partial charge in [-0.15, -0.1) is 0 Å². The lowest BCUT2D eigenvalue weighted by Crippen LogP contribution is -2.40. The van der Waals surface area contributed by atoms with E-state index >= 15 is 0 Å². The molecule has 1 amide bonds. The third-order valence-electron chi connectivity index (χ3n) is 3.41. The number of carbonyl (C=O) groups is 1. The van der Waals surface area contributed by atoms with Gasteiger partial charge in [-0.25, -0.2) is 4.79 Å². The summed E-state index contributed by atoms with van der Waals surface area (Å²) in [6.45, 7) is 10.4. The molecule has 0 unspecified atom stereocenters. The number of amides is 1. The van der Waals surface area contributed by atoms with Crippen LogP contribution in [0.1, 0.15) is 46.1 Å². The molecule has 0 aliphatic rings. The van der Waals surface area contributed by atoms with Gasteiger partial charge in [-0.2, -0.15) is 0 Å². The highest BCUT2D eigenvalue weighted by molar-refractivity contribution is 5.79. The first-order valence-corrected chi connectivity index (χ1v) is 9.17. The molecule has 2 N–H and O–H groups in total. The lowest BCUT2D eigenvalue weighted by molar-refractivity contribution is 0.0232. The fourth-order valence-corrected chi connectivity index (χ4v) is 2.21. The summed E-state index contributed by atoms with van der Waals surface area (Å²) in [5, 5.41) is 6.48. The van der Waals surface area contributed by atoms with Crippen LogP contribution in [0.15, 0.2) is 29.5 Å². The SMILES string of the molecule is CCCNC(=NC)NCCCN(Cc1cccnc1)C(=O)OC(C)(C)C. The summed E-state index contributed by atoms with van der Waals surface area (Å²) < 4.78 is 5.53. The van der Waals surface area contributed by atoms with Crippen molar-refractivity contribution >= 4 is 12.1 Å². The van der Waals surface area contributed by atoms with Crippen LogP contribution in [0.5, 0.6) is 0 Å². The molecule has 0 aromatic carbocycles. The van der Waals surface area contributed by atoms with Crippen molar-refractivity contribution in [2.45, 2.75) is 52.7 Å². The number of hydrogen-bond donors (Lipinski definition) is 2. The van der Waals surface area contributed by atoms with E-state index in [0.717, 1.165) is 37.5 Å². The van der Waals surface area contributed by atoms with Crippen LogP contribution in [0.25, 0.3) is 0 Å². The van der Waals surface area contributed by atoms with Gasteiger partial charge in [-0.05, 0) is 45.2 Å². The molecular formula is C19H33N5O2. The molecule has 0 radical (unpaired) electrons. The van der Waals surface area contributed by atoms with Crippen LogP contribution in [0.4, 0.5) is 4.79 Å². The lowest BCUT2D eigenvalue weighted by Gasteiger charge is -2.27. The van der Waals surface area contributed by atoms with E-state index in [9.17, 15) is 4.79 Å². The van der Waals surface area contributed by atoms with Crippen molar-refractivity contribution in [1.29, 1.82) is 0 Å². The van der Waals surface area contributed by atoms with Crippen molar-refractivity contribution in [2.24, 2.45) is 4.99 Å². The van der Waals surface area contributed by atoms with Gasteiger partial charge in [0.2, 0.25) is 0 Å². The third kappa shape index (κ3) is 9.25. The van der Waals surface area contributed by atoms with Gasteiger partial charge in [0.15, 0.2) is 5.96 Å². The van der Waals surface area contributed by atoms with Crippen molar-refractivity contribution in [3.05, 3.63) is 30.1 Å². The number of hydrogen-bond acceptors (Lipinski definition) is 4. The summed E-state index contributed by atoms with van der Waals surface area (Å²) in [5.41, 5.74) is 0.459. The van der Waals surface area contributed by atoms with Crippen LogP contribution in [-0.4, -0.2) is 54.2 Å². The predicted molar refractivity (Wildman–Crippen MR) is 105 cm³/mol. The minimum absolute atomic E-state index is 0.310. The molecule has 0 aliphatic heterocycles. The number of guanidine groups is 1. The van der Waals surface area contributed by atoms with E-state index in [1.165, 1.54) is 0 Å². The number of pyridine rings is 1. The van der Waals surface area contributed by atoms with E-state index in [1.54, 1.807) is 24.3 Å². The summed E-state index contributed by atoms with van der Waals surface area (Å²) in [5.74, 6) is 0.780. The maximum atomic E-state index is 12.5. The average Bonchev–Trinajstić information content (AvgIpc) is 2.59. The van der Waals surface area contributed by atoms with E-state index in [4.69, 9.17) is 4.74 Å². The second-order valence-corrected chi connectivity index (χ2v) is 7.04. The fraction of sp³-hybridized carbons (Fsp3) is 0.632. The first-order chi connectivity index (χ1) is 12.4. The number of carbonyl (C=O) groups excluding carboxylic acids is 1. The first-order valence-electron chi connectivity index (χ1n) is 9.17. The molecule has 0 spiro atoms. The van der Waals surface area contributed by atoms with Gasteiger partial charge in [0.25, 0.3) is 0 Å². The lowest BCUT2D eigenvalue weighted by atomic mass is 10.2. The summed E-state index contributed by atoms with van der Waals surface area (Å²) in [4.78, 5) is 22.5. The third-order valence-corrected chi connectivity index (χ3v) is 3.41. The molecular weight excluding hydrogens is 330 g/mol. The second kappa shape index (κ2) is 11.3. The number of nitrogens with one attached hydrogen (secondary N) is 2. The Morgan fingerprint density at radius 2 is 2.04 bits per heavy atom. The number of nitrogens with zero attached hydrogens (tertiary/aromatic N) is 3. The molecule has 1 aromatic rings. The number of rotatable bonds is 8. The zero-order chi connectivity index (χ0) is 19.4. The summed E-state index contributed by atoms with van der Waals surface area (Å²) in [6, 6.07) is 3.83. The summed E-state index contributed by atoms with van der Waals surface area (Å²) in [6.07, 6.45) is 5.01. The van der Waals surface area contributed by atoms with Crippen LogP contribution in [0.3, 0.4) is 0 Å². The van der Waals surface area contributed by atoms with Crippen LogP contribution < -0.4 is 10.6 Å². The Morgan fingerprint density at radius 1 is 1.31 bits per heavy atom. The molecule has 7 heteroatoms. The van der Waals surface area contributed by atoms with Gasteiger partial charge < -0.3 is 20.3 Å². The van der Waals surface area contributed by atoms with Gasteiger partial charge in [-0.1, -0.05) is 13.0 Å². The molecule has 1 aromatic heterocycles. The van der Waals surface area contributed by atoms with E-state index in [-0.39, 0.29) is 6.09 Å². The topological polar surface area (TPSA) is 78.9 Å². The van der Waals surface area contributed by atoms with Gasteiger partial charge in [-0.3, -0.25) is 9.98 Å². The smallest absolute Gasteiger partial charge is 0.410 e. The Labute approximate surface area is 157 Å². The Morgan fingerprint density at radius 3 is 2.62 bits per heavy atom. The zero-order valence-corrected chi connectivity index (χ0v) is 16.7. The predicted octanol–water partition coefficient (Wildman–Crippen LogP) is 2.78. The van der Waals surface area contributed by atoms with Gasteiger partial charge in [0.1, 0.15) is 5.60 Å². The van der Waals surface area contributed by atoms with Gasteiger partial charge in [0, 0.05) is 39.1 Å². The molecule has 0 saturated heterocycles. The Hall–Kier alpha value is -2.31. The minimum Gasteiger partial charge on any atom is -0.444 e. The van der Waals surface area contributed by atoms with Crippen molar-refractivity contribution in [3.8, 4) is 0 Å². The highest BCUT2D eigenvalue weighted by Gasteiger charge is 2.22. The zero-order valence-electron chi connectivity index (χ0n) is 16.7. The Balaban J connectivity index is 2.57. The molecule has 0 fully saturated rings. The highest BCUT2D eigenvalue weighted by Crippen LogP contribution is 2.12. The van der Waals surface area contributed by atoms with Gasteiger partial charge >= 0.3 is 6.09 Å². The highest BCUT2D eigenvalue weighted by atomic mass is 16.6. The molecule has 0 aliphatic carbocycles. The standard InChI is InChI=1S/C19H33N5O2/c1-6-10-22-17(20-5)23-12-8-13-24(18(25)26-19(2,3)4)15-16-9-7-11-21-14-16/h7,9,11,14H,6,8,10,12-13,15H2,1-5H3,(H2,20,22,23). The monoisotopic (exact) mass is 363 g/mol. The largest absolute Gasteiger partial charge is 0.444 e. The Bertz CT molecular complexity index is 555. The van der Waals surface area contributed by atoms with Gasteiger partial charge in [0.05, 0.1) is 6.54 Å². The van der Waals surface area contributed by atoms with Crippen LogP contribution >= 0.6 is 0 Å². The summed E-state index contributed by atoms with van der Waals surface area (Å²) >= 11 is 0. The molecule has 0 atom stereocenters. The van der Waals surface area contributed by atoms with Crippen molar-refractivity contribution in [3.63, 3.8) is 0 Å². The number of aromatic nitrogens is 1. The average molecular weight is 364 g/mol. The molecule has 1 heterocycles. The van der Waals surface area contributed by atoms with Crippen molar-refractivity contribution in [1.82, 2.24) is 20.5 Å². The Kier molecular flexibility index (Phi) is 9.47. The summed E-state index contributed by atoms with van der Waals surface area (Å²) in [7, 11) is 1.75. The van der Waals surface area contributed by atoms with E-state index in [1.807, 2.05) is 32.9 Å². The van der Waals surface area contributed by atoms with E-state index < -0.39 is 5.60 Å². The maximum absolute atomic E-state index is 12.5. The molecule has 146 valence electrons. The normalized spacial score (nSPS) is 11.8. The fourth-order valence-electron chi connectivity index (χ4n) is 2.21. The molecule has 26 heavy (non-hydrogen) atoms. The van der Waals surface area contributed by atoms with E-state index in [2.05, 4.69) is 27.5 Å². The number of aliphatic imine (C=N–C) groups is 1. The maximum Gasteiger partial charge on any atom is 0.410 e. The van der Waals surface area contributed by atoms with Crippen molar-refractivity contribution < 1.29 is 9.53 Å². The van der Waals surface area contributed by atoms with Crippen LogP contribution in [0, 0.1) is 0 Å². The van der Waals surface area contributed by atoms with Crippen LogP contribution in [-0.2, 0) is 11.3 Å². The second-order valence-electron chi connectivity index (χ2n) is 7.04. The molecule has 0 bridgehead atoms. The quantitative estimate of drug-likeness (QED) is 0.422. The van der Waals surface area contributed by atoms with Crippen molar-refractivity contribution in [2.75, 3.05) is 26.7 Å².